The zero-order valence-corrected chi connectivity index (χ0v) is 20.1. The molecule has 3 aromatic carbocycles. The number of hydrogen-bond donors (Lipinski definition) is 2. The van der Waals surface area contributed by atoms with Gasteiger partial charge in [-0.05, 0) is 52.9 Å². The summed E-state index contributed by atoms with van der Waals surface area (Å²) in [5.74, 6) is -1.43. The Morgan fingerprint density at radius 3 is 2.43 bits per heavy atom. The first-order valence-electron chi connectivity index (χ1n) is 11.5. The van der Waals surface area contributed by atoms with Gasteiger partial charge in [0.2, 0.25) is 0 Å². The van der Waals surface area contributed by atoms with Gasteiger partial charge in [-0.25, -0.2) is 9.78 Å². The first-order valence-corrected chi connectivity index (χ1v) is 11.5. The van der Waals surface area contributed by atoms with Gasteiger partial charge in [-0.3, -0.25) is 0 Å². The van der Waals surface area contributed by atoms with Crippen molar-refractivity contribution in [2.45, 2.75) is 31.3 Å². The average molecular weight is 512 g/mol. The van der Waals surface area contributed by atoms with Crippen LogP contribution in [-0.4, -0.2) is 42.4 Å². The highest BCUT2D eigenvalue weighted by atomic mass is 19.4. The number of H-pyrrole nitrogens is 1. The van der Waals surface area contributed by atoms with E-state index in [-0.39, 0.29) is 0 Å². The number of alkyl halides is 3. The lowest BCUT2D eigenvalue weighted by molar-refractivity contribution is -0.206. The minimum atomic E-state index is -5.10. The SMILES string of the molecule is COc1cc2c(cc1OC)C(OC(=O)C(F)(F)F)C(NCc1ccc(-c3ccc4nc[nH]c4c3)cc1)C2. The molecule has 1 heterocycles. The Morgan fingerprint density at radius 1 is 1.03 bits per heavy atom. The van der Waals surface area contributed by atoms with E-state index in [1.54, 1.807) is 18.5 Å². The van der Waals surface area contributed by atoms with Gasteiger partial charge in [-0.2, -0.15) is 13.2 Å². The predicted molar refractivity (Wildman–Crippen MR) is 130 cm³/mol. The molecule has 192 valence electrons. The molecule has 7 nitrogen and oxygen atoms in total. The molecule has 0 amide bonds. The van der Waals surface area contributed by atoms with E-state index >= 15 is 0 Å². The molecule has 5 rings (SSSR count). The molecule has 0 fully saturated rings. The number of carbonyl (C=O) groups is 1. The van der Waals surface area contributed by atoms with Crippen molar-refractivity contribution < 1.29 is 32.2 Å². The molecule has 0 radical (unpaired) electrons. The van der Waals surface area contributed by atoms with E-state index in [4.69, 9.17) is 14.2 Å². The van der Waals surface area contributed by atoms with Crippen LogP contribution in [0.25, 0.3) is 22.2 Å². The molecular weight excluding hydrogens is 487 g/mol. The molecule has 0 bridgehead atoms. The number of nitrogens with one attached hydrogen (secondary N) is 2. The van der Waals surface area contributed by atoms with E-state index in [1.807, 2.05) is 42.5 Å². The van der Waals surface area contributed by atoms with Crippen molar-refractivity contribution in [3.05, 3.63) is 77.6 Å². The third kappa shape index (κ3) is 4.97. The average Bonchev–Trinajstić information content (AvgIpc) is 3.50. The Labute approximate surface area is 210 Å². The van der Waals surface area contributed by atoms with Gasteiger partial charge in [-0.1, -0.05) is 30.3 Å². The molecule has 1 aliphatic carbocycles. The second kappa shape index (κ2) is 9.78. The molecule has 0 spiro atoms. The zero-order valence-electron chi connectivity index (χ0n) is 20.1. The molecule has 37 heavy (non-hydrogen) atoms. The molecule has 2 unspecified atom stereocenters. The van der Waals surface area contributed by atoms with Gasteiger partial charge in [0.25, 0.3) is 0 Å². The van der Waals surface area contributed by atoms with Crippen LogP contribution in [0.2, 0.25) is 0 Å². The van der Waals surface area contributed by atoms with E-state index in [0.717, 1.165) is 33.3 Å². The van der Waals surface area contributed by atoms with E-state index in [9.17, 15) is 18.0 Å². The number of methoxy groups -OCH3 is 2. The van der Waals surface area contributed by atoms with E-state index < -0.39 is 24.3 Å². The van der Waals surface area contributed by atoms with Crippen molar-refractivity contribution in [1.29, 1.82) is 0 Å². The minimum Gasteiger partial charge on any atom is -0.493 e. The Bertz CT molecular complexity index is 1430. The van der Waals surface area contributed by atoms with Crippen molar-refractivity contribution in [3.8, 4) is 22.6 Å². The highest BCUT2D eigenvalue weighted by molar-refractivity contribution is 5.81. The molecule has 2 N–H and O–H groups in total. The zero-order chi connectivity index (χ0) is 26.2. The van der Waals surface area contributed by atoms with Crippen LogP contribution in [-0.2, 0) is 22.5 Å². The summed E-state index contributed by atoms with van der Waals surface area (Å²) in [6, 6.07) is 16.5. The van der Waals surface area contributed by atoms with Gasteiger partial charge in [0.1, 0.15) is 6.10 Å². The molecular formula is C27H24F3N3O4. The van der Waals surface area contributed by atoms with Crippen molar-refractivity contribution >= 4 is 17.0 Å². The van der Waals surface area contributed by atoms with Crippen LogP contribution in [0.5, 0.6) is 11.5 Å². The predicted octanol–water partition coefficient (Wildman–Crippen LogP) is 5.11. The Morgan fingerprint density at radius 2 is 1.73 bits per heavy atom. The largest absolute Gasteiger partial charge is 0.493 e. The number of aromatic amines is 1. The molecule has 1 aliphatic rings. The maximum absolute atomic E-state index is 13.0. The summed E-state index contributed by atoms with van der Waals surface area (Å²) in [5, 5.41) is 3.27. The van der Waals surface area contributed by atoms with E-state index in [0.29, 0.717) is 30.0 Å². The summed E-state index contributed by atoms with van der Waals surface area (Å²) in [5.41, 5.74) is 5.99. The van der Waals surface area contributed by atoms with Crippen LogP contribution >= 0.6 is 0 Å². The maximum atomic E-state index is 13.0. The highest BCUT2D eigenvalue weighted by Gasteiger charge is 2.45. The number of aromatic nitrogens is 2. The normalized spacial score (nSPS) is 17.0. The second-order valence-corrected chi connectivity index (χ2v) is 8.75. The number of esters is 1. The van der Waals surface area contributed by atoms with Crippen molar-refractivity contribution in [2.75, 3.05) is 14.2 Å². The molecule has 4 aromatic rings. The summed E-state index contributed by atoms with van der Waals surface area (Å²) in [6.45, 7) is 0.368. The molecule has 0 saturated carbocycles. The summed E-state index contributed by atoms with van der Waals surface area (Å²) >= 11 is 0. The van der Waals surface area contributed by atoms with Gasteiger partial charge in [-0.15, -0.1) is 0 Å². The van der Waals surface area contributed by atoms with E-state index in [2.05, 4.69) is 15.3 Å². The van der Waals surface area contributed by atoms with Gasteiger partial charge >= 0.3 is 12.1 Å². The van der Waals surface area contributed by atoms with Crippen LogP contribution in [0.1, 0.15) is 22.8 Å². The van der Waals surface area contributed by atoms with Gasteiger partial charge in [0.05, 0.1) is 37.6 Å². The highest BCUT2D eigenvalue weighted by Crippen LogP contribution is 2.42. The number of hydrogen-bond acceptors (Lipinski definition) is 6. The van der Waals surface area contributed by atoms with Crippen molar-refractivity contribution in [3.63, 3.8) is 0 Å². The molecule has 10 heteroatoms. The summed E-state index contributed by atoms with van der Waals surface area (Å²) < 4.78 is 54.6. The van der Waals surface area contributed by atoms with Crippen LogP contribution in [0.15, 0.2) is 60.9 Å². The number of benzene rings is 3. The van der Waals surface area contributed by atoms with Crippen LogP contribution in [0.4, 0.5) is 13.2 Å². The fourth-order valence-corrected chi connectivity index (χ4v) is 4.63. The van der Waals surface area contributed by atoms with Gasteiger partial charge in [0, 0.05) is 12.1 Å². The summed E-state index contributed by atoms with van der Waals surface area (Å²) in [4.78, 5) is 19.1. The third-order valence-corrected chi connectivity index (χ3v) is 6.50. The second-order valence-electron chi connectivity index (χ2n) is 8.75. The first-order chi connectivity index (χ1) is 17.8. The Kier molecular flexibility index (Phi) is 6.51. The van der Waals surface area contributed by atoms with Crippen molar-refractivity contribution in [2.24, 2.45) is 0 Å². The van der Waals surface area contributed by atoms with Crippen LogP contribution < -0.4 is 14.8 Å². The smallest absolute Gasteiger partial charge is 0.490 e. The lowest BCUT2D eigenvalue weighted by Crippen LogP contribution is -2.37. The number of fused-ring (bicyclic) bond motifs is 2. The van der Waals surface area contributed by atoms with Gasteiger partial charge in [0.15, 0.2) is 11.5 Å². The standard InChI is InChI=1S/C27H24F3N3O4/c1-35-23-11-18-10-22(25(19(18)12-24(23)36-2)37-26(34)27(28,29)30)31-13-15-3-5-16(6-4-15)17-7-8-20-21(9-17)33-14-32-20/h3-9,11-12,14,22,25,31H,10,13H2,1-2H3,(H,32,33). The number of halogens is 3. The lowest BCUT2D eigenvalue weighted by atomic mass is 10.0. The van der Waals surface area contributed by atoms with Crippen LogP contribution in [0.3, 0.4) is 0 Å². The minimum absolute atomic E-state index is 0.346. The fraction of sp³-hybridized carbons (Fsp3) is 0.259. The number of ether oxygens (including phenoxy) is 3. The van der Waals surface area contributed by atoms with E-state index in [1.165, 1.54) is 14.2 Å². The molecule has 0 saturated heterocycles. The third-order valence-electron chi connectivity index (χ3n) is 6.50. The number of rotatable bonds is 7. The Hall–Kier alpha value is -4.05. The van der Waals surface area contributed by atoms with Gasteiger partial charge < -0.3 is 24.5 Å². The number of nitrogens with zero attached hydrogens (tertiary/aromatic N) is 1. The topological polar surface area (TPSA) is 85.5 Å². The first kappa shape index (κ1) is 24.6. The van der Waals surface area contributed by atoms with Crippen molar-refractivity contribution in [1.82, 2.24) is 15.3 Å². The molecule has 1 aromatic heterocycles. The Balaban J connectivity index is 1.34. The fourth-order valence-electron chi connectivity index (χ4n) is 4.63. The molecule has 0 aliphatic heterocycles. The maximum Gasteiger partial charge on any atom is 0.490 e. The quantitative estimate of drug-likeness (QED) is 0.336. The molecule has 2 atom stereocenters. The summed E-state index contributed by atoms with van der Waals surface area (Å²) in [7, 11) is 2.91. The monoisotopic (exact) mass is 511 g/mol. The number of carbonyl (C=O) groups excluding carboxylic acids is 1. The summed E-state index contributed by atoms with van der Waals surface area (Å²) in [6.07, 6.45) is -4.23. The van der Waals surface area contributed by atoms with Crippen LogP contribution in [0, 0.1) is 0 Å². The lowest BCUT2D eigenvalue weighted by Gasteiger charge is -2.23. The number of imidazole rings is 1.